The van der Waals surface area contributed by atoms with Crippen LogP contribution in [-0.4, -0.2) is 27.0 Å². The number of methoxy groups -OCH3 is 2. The SMILES string of the molecule is CCOc1cc(/C=N\NCc2ccc(OC)c(OC)c2)cc(Br)c1OCc1ccc(Cl)cc1Cl. The van der Waals surface area contributed by atoms with Crippen LogP contribution in [0, 0.1) is 0 Å². The van der Waals surface area contributed by atoms with Gasteiger partial charge in [-0.1, -0.05) is 35.3 Å². The number of rotatable bonds is 11. The highest BCUT2D eigenvalue weighted by Crippen LogP contribution is 2.37. The van der Waals surface area contributed by atoms with Crippen LogP contribution in [0.1, 0.15) is 23.6 Å². The lowest BCUT2D eigenvalue weighted by molar-refractivity contribution is 0.267. The molecule has 0 aliphatic carbocycles. The Hall–Kier alpha value is -2.61. The largest absolute Gasteiger partial charge is 0.493 e. The zero-order valence-electron chi connectivity index (χ0n) is 19.0. The topological polar surface area (TPSA) is 61.3 Å². The Morgan fingerprint density at radius 2 is 1.74 bits per heavy atom. The van der Waals surface area contributed by atoms with Gasteiger partial charge >= 0.3 is 0 Å². The second-order valence-electron chi connectivity index (χ2n) is 7.07. The lowest BCUT2D eigenvalue weighted by Crippen LogP contribution is -2.06. The molecule has 0 aromatic heterocycles. The summed E-state index contributed by atoms with van der Waals surface area (Å²) in [4.78, 5) is 0. The summed E-state index contributed by atoms with van der Waals surface area (Å²) in [7, 11) is 3.22. The molecule has 3 rings (SSSR count). The predicted octanol–water partition coefficient (Wildman–Crippen LogP) is 6.87. The van der Waals surface area contributed by atoms with E-state index in [1.54, 1.807) is 32.6 Å². The molecule has 0 saturated heterocycles. The van der Waals surface area contributed by atoms with Crippen LogP contribution >= 0.6 is 39.1 Å². The number of hydrogen-bond acceptors (Lipinski definition) is 6. The van der Waals surface area contributed by atoms with Gasteiger partial charge in [-0.15, -0.1) is 0 Å². The van der Waals surface area contributed by atoms with Gasteiger partial charge in [-0.25, -0.2) is 0 Å². The van der Waals surface area contributed by atoms with Crippen molar-refractivity contribution in [1.29, 1.82) is 0 Å². The van der Waals surface area contributed by atoms with Gasteiger partial charge in [0.1, 0.15) is 6.61 Å². The van der Waals surface area contributed by atoms with Crippen molar-refractivity contribution in [3.63, 3.8) is 0 Å². The van der Waals surface area contributed by atoms with Gasteiger partial charge in [0.25, 0.3) is 0 Å². The van der Waals surface area contributed by atoms with Gasteiger partial charge < -0.3 is 24.4 Å². The summed E-state index contributed by atoms with van der Waals surface area (Å²) in [5.74, 6) is 2.54. The Bertz CT molecular complexity index is 1160. The maximum atomic E-state index is 6.26. The van der Waals surface area contributed by atoms with E-state index in [0.717, 1.165) is 21.2 Å². The average molecular weight is 568 g/mol. The molecule has 0 atom stereocenters. The minimum absolute atomic E-state index is 0.273. The summed E-state index contributed by atoms with van der Waals surface area (Å²) in [6.45, 7) is 3.20. The summed E-state index contributed by atoms with van der Waals surface area (Å²) < 4.78 is 23.2. The summed E-state index contributed by atoms with van der Waals surface area (Å²) in [6, 6.07) is 14.8. The first-order valence-electron chi connectivity index (χ1n) is 10.4. The average Bonchev–Trinajstić information content (AvgIpc) is 2.82. The third-order valence-corrected chi connectivity index (χ3v) is 5.93. The molecular formula is C25H25BrCl2N2O4. The fourth-order valence-corrected chi connectivity index (χ4v) is 4.14. The van der Waals surface area contributed by atoms with Crippen molar-refractivity contribution in [1.82, 2.24) is 5.43 Å². The van der Waals surface area contributed by atoms with Crippen molar-refractivity contribution in [3.8, 4) is 23.0 Å². The van der Waals surface area contributed by atoms with Crippen LogP contribution in [0.2, 0.25) is 10.0 Å². The monoisotopic (exact) mass is 566 g/mol. The smallest absolute Gasteiger partial charge is 0.175 e. The molecule has 0 bridgehead atoms. The highest BCUT2D eigenvalue weighted by Gasteiger charge is 2.13. The standard InChI is InChI=1S/C25H25BrCl2N2O4/c1-4-33-24-11-17(14-30-29-13-16-5-8-22(31-2)23(10-16)32-3)9-20(26)25(24)34-15-18-6-7-19(27)12-21(18)28/h5-12,14,29H,4,13,15H2,1-3H3/b30-14-. The Morgan fingerprint density at radius 1 is 0.941 bits per heavy atom. The normalized spacial score (nSPS) is 10.9. The number of nitrogens with one attached hydrogen (secondary N) is 1. The molecule has 3 aromatic rings. The zero-order chi connectivity index (χ0) is 24.5. The maximum absolute atomic E-state index is 6.26. The second kappa shape index (κ2) is 12.7. The molecule has 0 saturated carbocycles. The van der Waals surface area contributed by atoms with Gasteiger partial charge in [-0.05, 0) is 70.4 Å². The highest BCUT2D eigenvalue weighted by atomic mass is 79.9. The minimum Gasteiger partial charge on any atom is -0.493 e. The van der Waals surface area contributed by atoms with E-state index in [1.807, 2.05) is 43.3 Å². The van der Waals surface area contributed by atoms with Crippen LogP contribution in [0.4, 0.5) is 0 Å². The van der Waals surface area contributed by atoms with Crippen LogP contribution in [0.25, 0.3) is 0 Å². The number of nitrogens with zero attached hydrogens (tertiary/aromatic N) is 1. The first-order chi connectivity index (χ1) is 16.4. The van der Waals surface area contributed by atoms with Crippen molar-refractivity contribution in [2.24, 2.45) is 5.10 Å². The number of hydrogen-bond donors (Lipinski definition) is 1. The van der Waals surface area contributed by atoms with E-state index in [9.17, 15) is 0 Å². The quantitative estimate of drug-likeness (QED) is 0.202. The first-order valence-corrected chi connectivity index (χ1v) is 12.0. The highest BCUT2D eigenvalue weighted by molar-refractivity contribution is 9.10. The Labute approximate surface area is 217 Å². The Morgan fingerprint density at radius 3 is 2.44 bits per heavy atom. The van der Waals surface area contributed by atoms with Crippen molar-refractivity contribution in [2.45, 2.75) is 20.1 Å². The van der Waals surface area contributed by atoms with E-state index in [1.165, 1.54) is 0 Å². The maximum Gasteiger partial charge on any atom is 0.175 e. The van der Waals surface area contributed by atoms with Crippen molar-refractivity contribution in [2.75, 3.05) is 20.8 Å². The van der Waals surface area contributed by atoms with E-state index in [-0.39, 0.29) is 6.61 Å². The third kappa shape index (κ3) is 6.95. The molecule has 0 spiro atoms. The van der Waals surface area contributed by atoms with Crippen molar-refractivity contribution >= 4 is 45.3 Å². The van der Waals surface area contributed by atoms with E-state index in [4.69, 9.17) is 42.1 Å². The van der Waals surface area contributed by atoms with E-state index in [0.29, 0.717) is 46.2 Å². The van der Waals surface area contributed by atoms with Gasteiger partial charge in [0.15, 0.2) is 23.0 Å². The molecule has 6 nitrogen and oxygen atoms in total. The first kappa shape index (κ1) is 26.0. The predicted molar refractivity (Wildman–Crippen MR) is 140 cm³/mol. The van der Waals surface area contributed by atoms with Crippen LogP contribution in [0.3, 0.4) is 0 Å². The van der Waals surface area contributed by atoms with Gasteiger partial charge in [-0.3, -0.25) is 0 Å². The molecule has 0 aliphatic heterocycles. The van der Waals surface area contributed by atoms with E-state index >= 15 is 0 Å². The molecule has 34 heavy (non-hydrogen) atoms. The number of hydrazone groups is 1. The van der Waals surface area contributed by atoms with Crippen LogP contribution in [-0.2, 0) is 13.2 Å². The van der Waals surface area contributed by atoms with Crippen LogP contribution in [0.15, 0.2) is 58.1 Å². The molecule has 0 amide bonds. The summed E-state index contributed by atoms with van der Waals surface area (Å²) >= 11 is 15.8. The summed E-state index contributed by atoms with van der Waals surface area (Å²) in [6.07, 6.45) is 1.72. The molecule has 0 radical (unpaired) electrons. The van der Waals surface area contributed by atoms with Crippen molar-refractivity contribution in [3.05, 3.63) is 79.7 Å². The van der Waals surface area contributed by atoms with Crippen molar-refractivity contribution < 1.29 is 18.9 Å². The van der Waals surface area contributed by atoms with E-state index < -0.39 is 0 Å². The van der Waals surface area contributed by atoms with Gasteiger partial charge in [-0.2, -0.15) is 5.10 Å². The van der Waals surface area contributed by atoms with Gasteiger partial charge in [0.2, 0.25) is 0 Å². The molecule has 9 heteroatoms. The summed E-state index contributed by atoms with van der Waals surface area (Å²) in [5, 5.41) is 5.45. The zero-order valence-corrected chi connectivity index (χ0v) is 22.1. The number of halogens is 3. The molecule has 0 aliphatic rings. The molecular weight excluding hydrogens is 543 g/mol. The second-order valence-corrected chi connectivity index (χ2v) is 8.77. The van der Waals surface area contributed by atoms with Crippen LogP contribution < -0.4 is 24.4 Å². The molecule has 3 aromatic carbocycles. The molecule has 180 valence electrons. The molecule has 0 unspecified atom stereocenters. The van der Waals surface area contributed by atoms with Gasteiger partial charge in [0.05, 0.1) is 38.1 Å². The molecule has 1 N–H and O–H groups in total. The van der Waals surface area contributed by atoms with E-state index in [2.05, 4.69) is 26.5 Å². The Kier molecular flexibility index (Phi) is 9.74. The lowest BCUT2D eigenvalue weighted by atomic mass is 10.2. The number of benzene rings is 3. The minimum atomic E-state index is 0.273. The fraction of sp³-hybridized carbons (Fsp3) is 0.240. The third-order valence-electron chi connectivity index (χ3n) is 4.75. The van der Waals surface area contributed by atoms with Crippen LogP contribution in [0.5, 0.6) is 23.0 Å². The fourth-order valence-electron chi connectivity index (χ4n) is 3.10. The van der Waals surface area contributed by atoms with Gasteiger partial charge in [0, 0.05) is 15.6 Å². The molecule has 0 fully saturated rings. The lowest BCUT2D eigenvalue weighted by Gasteiger charge is -2.15. The Balaban J connectivity index is 1.68. The molecule has 0 heterocycles. The number of ether oxygens (including phenoxy) is 4. The summed E-state index contributed by atoms with van der Waals surface area (Å²) in [5.41, 5.74) is 5.72.